The molecule has 2 bridgehead atoms. The van der Waals surface area contributed by atoms with Crippen LogP contribution >= 0.6 is 11.3 Å². The number of rotatable bonds is 6. The van der Waals surface area contributed by atoms with Gasteiger partial charge < -0.3 is 26.2 Å². The summed E-state index contributed by atoms with van der Waals surface area (Å²) >= 11 is 1.50. The summed E-state index contributed by atoms with van der Waals surface area (Å²) in [6.45, 7) is 8.57. The van der Waals surface area contributed by atoms with Crippen LogP contribution in [0, 0.1) is 12.8 Å². The maximum atomic E-state index is 13.7. The number of hydrogen-bond donors (Lipinski definition) is 4. The number of aromatic nitrogens is 1. The number of amides is 5. The van der Waals surface area contributed by atoms with E-state index in [0.717, 1.165) is 21.8 Å². The molecular weight excluding hydrogens is 629 g/mol. The summed E-state index contributed by atoms with van der Waals surface area (Å²) in [5, 5.41) is 14.1. The molecule has 4 N–H and O–H groups in total. The summed E-state index contributed by atoms with van der Waals surface area (Å²) < 4.78 is 0. The number of nitrogens with zero attached hydrogens (tertiary/aromatic N) is 2. The van der Waals surface area contributed by atoms with Gasteiger partial charge in [-0.05, 0) is 62.3 Å². The zero-order valence-corrected chi connectivity index (χ0v) is 28.9. The first kappa shape index (κ1) is 36.3. The van der Waals surface area contributed by atoms with Gasteiger partial charge in [-0.3, -0.25) is 24.0 Å². The summed E-state index contributed by atoms with van der Waals surface area (Å²) in [5.41, 5.74) is 2.78. The van der Waals surface area contributed by atoms with Crippen LogP contribution in [0.15, 0.2) is 60.0 Å². The van der Waals surface area contributed by atoms with Gasteiger partial charge in [-0.1, -0.05) is 56.3 Å². The molecule has 0 radical (unpaired) electrons. The molecule has 0 unspecified atom stereocenters. The Morgan fingerprint density at radius 1 is 0.917 bits per heavy atom. The van der Waals surface area contributed by atoms with Crippen LogP contribution in [-0.4, -0.2) is 70.6 Å². The minimum absolute atomic E-state index is 0.0633. The second-order valence-electron chi connectivity index (χ2n) is 12.7. The first-order valence-corrected chi connectivity index (χ1v) is 17.4. The lowest BCUT2D eigenvalue weighted by Crippen LogP contribution is -2.57. The van der Waals surface area contributed by atoms with Crippen LogP contribution in [0.4, 0.5) is 0 Å². The second-order valence-corrected chi connectivity index (χ2v) is 13.7. The molecule has 12 heteroatoms. The molecule has 0 spiro atoms. The Balaban J connectivity index is 1.59. The third-order valence-corrected chi connectivity index (χ3v) is 8.91. The van der Waals surface area contributed by atoms with Crippen molar-refractivity contribution in [2.45, 2.75) is 84.5 Å². The summed E-state index contributed by atoms with van der Waals surface area (Å²) in [5.74, 6) is -1.76. The molecule has 0 saturated heterocycles. The van der Waals surface area contributed by atoms with Gasteiger partial charge in [0.2, 0.25) is 23.6 Å². The van der Waals surface area contributed by atoms with Gasteiger partial charge in [-0.25, -0.2) is 4.98 Å². The number of carbonyl (C=O) groups is 5. The van der Waals surface area contributed by atoms with E-state index >= 15 is 0 Å². The normalized spacial score (nSPS) is 20.4. The van der Waals surface area contributed by atoms with Crippen LogP contribution < -0.4 is 21.3 Å². The minimum Gasteiger partial charge on any atom is -0.354 e. The standard InChI is InChI=1S/C36H46N6O5S/c1-23(2)18-30-35(46)38-24(3)33(44)37-16-8-9-17-42(32(43)20-29-22-48-25(4)39-29)21-27-12-14-28(15-13-27)34(45)40-31(36(47)41-30)19-26-10-6-5-7-11-26/h5-7,10-15,22-24,30-31H,8-9,16-21H2,1-4H3,(H,37,44)(H,38,46)(H,40,45)(H,41,47)/t24-,30+,31-/m1/s1. The van der Waals surface area contributed by atoms with Crippen molar-refractivity contribution in [2.24, 2.45) is 5.92 Å². The number of fused-ring (bicyclic) bond motifs is 18. The highest BCUT2D eigenvalue weighted by Gasteiger charge is 2.29. The Bertz CT molecular complexity index is 1560. The number of nitrogens with one attached hydrogen (secondary N) is 4. The summed E-state index contributed by atoms with van der Waals surface area (Å²) in [6, 6.07) is 13.6. The monoisotopic (exact) mass is 674 g/mol. The topological polar surface area (TPSA) is 150 Å². The number of thiazole rings is 1. The molecular formula is C36H46N6O5S. The average Bonchev–Trinajstić information content (AvgIpc) is 3.47. The predicted octanol–water partition coefficient (Wildman–Crippen LogP) is 3.31. The summed E-state index contributed by atoms with van der Waals surface area (Å²) in [4.78, 5) is 73.0. The van der Waals surface area contributed by atoms with Gasteiger partial charge in [-0.2, -0.15) is 0 Å². The van der Waals surface area contributed by atoms with E-state index in [9.17, 15) is 24.0 Å². The Morgan fingerprint density at radius 3 is 2.29 bits per heavy atom. The zero-order chi connectivity index (χ0) is 34.6. The Morgan fingerprint density at radius 2 is 1.62 bits per heavy atom. The Kier molecular flexibility index (Phi) is 13.2. The lowest BCUT2D eigenvalue weighted by atomic mass is 10.0. The molecule has 0 fully saturated rings. The highest BCUT2D eigenvalue weighted by molar-refractivity contribution is 7.09. The molecule has 0 saturated carbocycles. The average molecular weight is 675 g/mol. The molecule has 3 heterocycles. The molecule has 2 aliphatic heterocycles. The van der Waals surface area contributed by atoms with E-state index in [-0.39, 0.29) is 30.6 Å². The number of carbonyl (C=O) groups excluding carboxylic acids is 5. The lowest BCUT2D eigenvalue weighted by Gasteiger charge is -2.25. The van der Waals surface area contributed by atoms with E-state index in [2.05, 4.69) is 26.3 Å². The van der Waals surface area contributed by atoms with Crippen molar-refractivity contribution in [3.8, 4) is 0 Å². The van der Waals surface area contributed by atoms with Crippen LogP contribution in [0.2, 0.25) is 0 Å². The molecule has 11 nitrogen and oxygen atoms in total. The van der Waals surface area contributed by atoms with Gasteiger partial charge in [0.25, 0.3) is 5.91 Å². The van der Waals surface area contributed by atoms with Crippen molar-refractivity contribution in [1.82, 2.24) is 31.2 Å². The van der Waals surface area contributed by atoms with E-state index < -0.39 is 35.8 Å². The maximum Gasteiger partial charge on any atom is 0.251 e. The van der Waals surface area contributed by atoms with E-state index in [1.807, 2.05) is 68.6 Å². The largest absolute Gasteiger partial charge is 0.354 e. The molecule has 256 valence electrons. The van der Waals surface area contributed by atoms with Gasteiger partial charge in [0.05, 0.1) is 17.1 Å². The highest BCUT2D eigenvalue weighted by atomic mass is 32.1. The van der Waals surface area contributed by atoms with E-state index in [1.165, 1.54) is 11.3 Å². The maximum absolute atomic E-state index is 13.7. The van der Waals surface area contributed by atoms with Crippen molar-refractivity contribution in [1.29, 1.82) is 0 Å². The zero-order valence-electron chi connectivity index (χ0n) is 28.1. The van der Waals surface area contributed by atoms with Crippen LogP contribution in [0.25, 0.3) is 0 Å². The lowest BCUT2D eigenvalue weighted by molar-refractivity contribution is -0.132. The highest BCUT2D eigenvalue weighted by Crippen LogP contribution is 2.15. The van der Waals surface area contributed by atoms with Crippen LogP contribution in [0.5, 0.6) is 0 Å². The predicted molar refractivity (Wildman–Crippen MR) is 185 cm³/mol. The van der Waals surface area contributed by atoms with Crippen molar-refractivity contribution in [3.05, 3.63) is 87.4 Å². The van der Waals surface area contributed by atoms with Crippen LogP contribution in [-0.2, 0) is 38.6 Å². The molecule has 0 aliphatic carbocycles. The first-order valence-electron chi connectivity index (χ1n) is 16.5. The van der Waals surface area contributed by atoms with Gasteiger partial charge in [0.15, 0.2) is 0 Å². The van der Waals surface area contributed by atoms with E-state index in [4.69, 9.17) is 0 Å². The molecule has 2 aromatic carbocycles. The number of hydrogen-bond acceptors (Lipinski definition) is 7. The molecule has 3 aromatic rings. The molecule has 2 aliphatic rings. The fraction of sp³-hybridized carbons (Fsp3) is 0.444. The fourth-order valence-electron chi connectivity index (χ4n) is 5.48. The molecule has 5 amide bonds. The fourth-order valence-corrected chi connectivity index (χ4v) is 6.09. The number of aryl methyl sites for hydroxylation is 1. The third-order valence-electron chi connectivity index (χ3n) is 8.09. The third kappa shape index (κ3) is 11.0. The second kappa shape index (κ2) is 17.5. The Hall–Kier alpha value is -4.58. The smallest absolute Gasteiger partial charge is 0.251 e. The first-order chi connectivity index (χ1) is 23.0. The summed E-state index contributed by atoms with van der Waals surface area (Å²) in [6.07, 6.45) is 2.01. The van der Waals surface area contributed by atoms with Gasteiger partial charge in [-0.15, -0.1) is 11.3 Å². The Labute approximate surface area is 286 Å². The summed E-state index contributed by atoms with van der Waals surface area (Å²) in [7, 11) is 0. The van der Waals surface area contributed by atoms with Crippen LogP contribution in [0.1, 0.15) is 72.2 Å². The van der Waals surface area contributed by atoms with Gasteiger partial charge in [0.1, 0.15) is 18.1 Å². The van der Waals surface area contributed by atoms with E-state index in [1.54, 1.807) is 24.0 Å². The molecule has 5 rings (SSSR count). The quantitative estimate of drug-likeness (QED) is 0.295. The van der Waals surface area contributed by atoms with Crippen molar-refractivity contribution in [3.63, 3.8) is 0 Å². The minimum atomic E-state index is -0.973. The molecule has 1 aromatic heterocycles. The molecule has 48 heavy (non-hydrogen) atoms. The molecule has 3 atom stereocenters. The number of benzene rings is 2. The van der Waals surface area contributed by atoms with Crippen molar-refractivity contribution >= 4 is 40.9 Å². The van der Waals surface area contributed by atoms with Crippen LogP contribution in [0.3, 0.4) is 0 Å². The van der Waals surface area contributed by atoms with Crippen molar-refractivity contribution in [2.75, 3.05) is 13.1 Å². The van der Waals surface area contributed by atoms with Crippen molar-refractivity contribution < 1.29 is 24.0 Å². The van der Waals surface area contributed by atoms with E-state index in [0.29, 0.717) is 44.5 Å². The SMILES string of the molecule is Cc1nc(CC(=O)N2CCCCNC(=O)[C@@H](C)NC(=O)[C@H](CC(C)C)NC(=O)[C@@H](Cc3ccccc3)NC(=O)c3ccc(cc3)C2)cs1. The van der Waals surface area contributed by atoms with Gasteiger partial charge in [0, 0.05) is 37.0 Å². The van der Waals surface area contributed by atoms with Gasteiger partial charge >= 0.3 is 0 Å².